The standard InChI is InChI=1S/C16H18ClN3O2S/c1-3-4-12-8-14(21)20-16(18-12)23-9-15(22)19-13-6-5-11(17)7-10(13)2/h5-8H,3-4,9H2,1-2H3,(H,19,22)(H,18,20,21). The number of thioether (sulfide) groups is 1. The molecule has 0 unspecified atom stereocenters. The number of carbonyl (C=O) groups excluding carboxylic acids is 1. The molecule has 0 saturated carbocycles. The van der Waals surface area contributed by atoms with Gasteiger partial charge in [-0.15, -0.1) is 0 Å². The van der Waals surface area contributed by atoms with Gasteiger partial charge in [0.15, 0.2) is 5.16 Å². The van der Waals surface area contributed by atoms with Crippen molar-refractivity contribution in [3.8, 4) is 0 Å². The number of anilines is 1. The number of nitrogens with one attached hydrogen (secondary N) is 2. The van der Waals surface area contributed by atoms with Crippen molar-refractivity contribution in [1.82, 2.24) is 9.97 Å². The number of hydrogen-bond donors (Lipinski definition) is 2. The molecule has 0 fully saturated rings. The van der Waals surface area contributed by atoms with E-state index in [2.05, 4.69) is 15.3 Å². The molecule has 5 nitrogen and oxygen atoms in total. The molecule has 1 aromatic carbocycles. The van der Waals surface area contributed by atoms with Crippen LogP contribution in [0.4, 0.5) is 5.69 Å². The average Bonchev–Trinajstić information content (AvgIpc) is 2.48. The lowest BCUT2D eigenvalue weighted by atomic mass is 10.2. The minimum Gasteiger partial charge on any atom is -0.325 e. The smallest absolute Gasteiger partial charge is 0.251 e. The first-order valence-corrected chi connectivity index (χ1v) is 8.63. The van der Waals surface area contributed by atoms with E-state index in [0.29, 0.717) is 10.2 Å². The second-order valence-electron chi connectivity index (χ2n) is 5.09. The number of carbonyl (C=O) groups is 1. The van der Waals surface area contributed by atoms with Crippen molar-refractivity contribution in [3.05, 3.63) is 50.9 Å². The summed E-state index contributed by atoms with van der Waals surface area (Å²) in [4.78, 5) is 30.6. The molecule has 0 radical (unpaired) electrons. The minimum atomic E-state index is -0.195. The fraction of sp³-hybridized carbons (Fsp3) is 0.312. The van der Waals surface area contributed by atoms with Gasteiger partial charge in [0.1, 0.15) is 0 Å². The first kappa shape index (κ1) is 17.6. The number of hydrogen-bond acceptors (Lipinski definition) is 4. The third-order valence-corrected chi connectivity index (χ3v) is 4.19. The van der Waals surface area contributed by atoms with Crippen LogP contribution in [0.5, 0.6) is 0 Å². The molecule has 23 heavy (non-hydrogen) atoms. The number of nitrogens with zero attached hydrogens (tertiary/aromatic N) is 1. The minimum absolute atomic E-state index is 0.163. The van der Waals surface area contributed by atoms with E-state index >= 15 is 0 Å². The van der Waals surface area contributed by atoms with E-state index in [1.807, 2.05) is 13.8 Å². The highest BCUT2D eigenvalue weighted by Gasteiger charge is 2.08. The van der Waals surface area contributed by atoms with E-state index in [0.717, 1.165) is 29.8 Å². The summed E-state index contributed by atoms with van der Waals surface area (Å²) in [5.74, 6) is 0.00425. The van der Waals surface area contributed by atoms with Gasteiger partial charge in [-0.2, -0.15) is 0 Å². The van der Waals surface area contributed by atoms with E-state index in [1.54, 1.807) is 18.2 Å². The number of rotatable bonds is 6. The van der Waals surface area contributed by atoms with Crippen LogP contribution in [-0.4, -0.2) is 21.6 Å². The Morgan fingerprint density at radius 3 is 2.87 bits per heavy atom. The summed E-state index contributed by atoms with van der Waals surface area (Å²) in [6.45, 7) is 3.90. The number of aromatic amines is 1. The van der Waals surface area contributed by atoms with Gasteiger partial charge >= 0.3 is 0 Å². The monoisotopic (exact) mass is 351 g/mol. The first-order chi connectivity index (χ1) is 11.0. The van der Waals surface area contributed by atoms with E-state index < -0.39 is 0 Å². The lowest BCUT2D eigenvalue weighted by Gasteiger charge is -2.08. The molecule has 0 aliphatic rings. The Morgan fingerprint density at radius 1 is 1.39 bits per heavy atom. The predicted molar refractivity (Wildman–Crippen MR) is 94.4 cm³/mol. The van der Waals surface area contributed by atoms with Crippen LogP contribution in [0.1, 0.15) is 24.6 Å². The second-order valence-corrected chi connectivity index (χ2v) is 6.49. The Kier molecular flexibility index (Phi) is 6.24. The van der Waals surface area contributed by atoms with Crippen molar-refractivity contribution in [1.29, 1.82) is 0 Å². The van der Waals surface area contributed by atoms with E-state index in [4.69, 9.17) is 11.6 Å². The Bertz CT molecular complexity index is 761. The second kappa shape index (κ2) is 8.17. The van der Waals surface area contributed by atoms with Crippen molar-refractivity contribution in [3.63, 3.8) is 0 Å². The maximum absolute atomic E-state index is 12.0. The molecule has 2 aromatic rings. The molecule has 0 atom stereocenters. The largest absolute Gasteiger partial charge is 0.325 e. The molecule has 0 saturated heterocycles. The Labute approximate surface area is 143 Å². The summed E-state index contributed by atoms with van der Waals surface area (Å²) in [5, 5.41) is 3.91. The molecule has 0 bridgehead atoms. The third kappa shape index (κ3) is 5.41. The van der Waals surface area contributed by atoms with Crippen LogP contribution in [0.15, 0.2) is 34.2 Å². The first-order valence-electron chi connectivity index (χ1n) is 7.27. The Hall–Kier alpha value is -1.79. The van der Waals surface area contributed by atoms with E-state index in [1.165, 1.54) is 17.8 Å². The quantitative estimate of drug-likeness (QED) is 0.617. The zero-order chi connectivity index (χ0) is 16.8. The molecule has 122 valence electrons. The van der Waals surface area contributed by atoms with Gasteiger partial charge in [-0.05, 0) is 37.1 Å². The highest BCUT2D eigenvalue weighted by molar-refractivity contribution is 7.99. The van der Waals surface area contributed by atoms with Gasteiger partial charge in [-0.1, -0.05) is 36.7 Å². The molecule has 1 amide bonds. The molecular weight excluding hydrogens is 334 g/mol. The van der Waals surface area contributed by atoms with Gasteiger partial charge in [-0.25, -0.2) is 4.98 Å². The molecule has 1 heterocycles. The highest BCUT2D eigenvalue weighted by Crippen LogP contribution is 2.20. The van der Waals surface area contributed by atoms with Gasteiger partial charge in [0.05, 0.1) is 5.75 Å². The van der Waals surface area contributed by atoms with Gasteiger partial charge in [-0.3, -0.25) is 9.59 Å². The molecule has 2 rings (SSSR count). The Morgan fingerprint density at radius 2 is 2.17 bits per heavy atom. The molecule has 0 aliphatic heterocycles. The van der Waals surface area contributed by atoms with Gasteiger partial charge in [0, 0.05) is 22.5 Å². The molecular formula is C16H18ClN3O2S. The predicted octanol–water partition coefficient (Wildman–Crippen LogP) is 3.42. The van der Waals surface area contributed by atoms with Crippen LogP contribution >= 0.6 is 23.4 Å². The Balaban J connectivity index is 1.97. The number of aryl methyl sites for hydroxylation is 2. The molecule has 0 spiro atoms. The molecule has 1 aromatic heterocycles. The number of H-pyrrole nitrogens is 1. The van der Waals surface area contributed by atoms with Crippen LogP contribution in [-0.2, 0) is 11.2 Å². The van der Waals surface area contributed by atoms with Crippen molar-refractivity contribution < 1.29 is 4.79 Å². The van der Waals surface area contributed by atoms with Crippen molar-refractivity contribution in [2.45, 2.75) is 31.8 Å². The fourth-order valence-corrected chi connectivity index (χ4v) is 2.94. The van der Waals surface area contributed by atoms with Crippen molar-refractivity contribution in [2.24, 2.45) is 0 Å². The SMILES string of the molecule is CCCc1cc(=O)[nH]c(SCC(=O)Nc2ccc(Cl)cc2C)n1. The zero-order valence-electron chi connectivity index (χ0n) is 13.0. The summed E-state index contributed by atoms with van der Waals surface area (Å²) in [6.07, 6.45) is 1.66. The number of aromatic nitrogens is 2. The van der Waals surface area contributed by atoms with Crippen molar-refractivity contribution >= 4 is 35.0 Å². The van der Waals surface area contributed by atoms with Crippen LogP contribution in [0.2, 0.25) is 5.02 Å². The van der Waals surface area contributed by atoms with Crippen molar-refractivity contribution in [2.75, 3.05) is 11.1 Å². The molecule has 7 heteroatoms. The van der Waals surface area contributed by atoms with E-state index in [-0.39, 0.29) is 17.2 Å². The zero-order valence-corrected chi connectivity index (χ0v) is 14.6. The summed E-state index contributed by atoms with van der Waals surface area (Å²) in [6, 6.07) is 6.77. The topological polar surface area (TPSA) is 74.8 Å². The van der Waals surface area contributed by atoms with Gasteiger partial charge < -0.3 is 10.3 Å². The maximum Gasteiger partial charge on any atom is 0.251 e. The highest BCUT2D eigenvalue weighted by atomic mass is 35.5. The lowest BCUT2D eigenvalue weighted by molar-refractivity contribution is -0.113. The summed E-state index contributed by atoms with van der Waals surface area (Å²) in [5.41, 5.74) is 2.17. The third-order valence-electron chi connectivity index (χ3n) is 3.08. The maximum atomic E-state index is 12.0. The van der Waals surface area contributed by atoms with Crippen LogP contribution in [0.25, 0.3) is 0 Å². The van der Waals surface area contributed by atoms with Crippen LogP contribution in [0, 0.1) is 6.92 Å². The number of halogens is 1. The molecule has 2 N–H and O–H groups in total. The van der Waals surface area contributed by atoms with Crippen LogP contribution < -0.4 is 10.9 Å². The van der Waals surface area contributed by atoms with Gasteiger partial charge in [0.25, 0.3) is 5.56 Å². The summed E-state index contributed by atoms with van der Waals surface area (Å²) in [7, 11) is 0. The molecule has 0 aliphatic carbocycles. The number of benzene rings is 1. The van der Waals surface area contributed by atoms with Gasteiger partial charge in [0.2, 0.25) is 5.91 Å². The van der Waals surface area contributed by atoms with Crippen LogP contribution in [0.3, 0.4) is 0 Å². The lowest BCUT2D eigenvalue weighted by Crippen LogP contribution is -2.16. The average molecular weight is 352 g/mol. The number of amides is 1. The summed E-state index contributed by atoms with van der Waals surface area (Å²) < 4.78 is 0. The fourth-order valence-electron chi connectivity index (χ4n) is 2.02. The summed E-state index contributed by atoms with van der Waals surface area (Å²) >= 11 is 7.10. The normalized spacial score (nSPS) is 10.6. The van der Waals surface area contributed by atoms with E-state index in [9.17, 15) is 9.59 Å².